The van der Waals surface area contributed by atoms with Crippen LogP contribution in [0.5, 0.6) is 5.75 Å². The maximum Gasteiger partial charge on any atom is 0.194 e. The summed E-state index contributed by atoms with van der Waals surface area (Å²) >= 11 is 11.8. The third-order valence-corrected chi connectivity index (χ3v) is 5.17. The Morgan fingerprint density at radius 3 is 2.44 bits per heavy atom. The number of hydrogen-bond acceptors (Lipinski definition) is 6. The van der Waals surface area contributed by atoms with Gasteiger partial charge in [0.25, 0.3) is 0 Å². The molecule has 2 aromatic carbocycles. The third kappa shape index (κ3) is 4.09. The van der Waals surface area contributed by atoms with Crippen molar-refractivity contribution in [1.82, 2.24) is 20.2 Å². The van der Waals surface area contributed by atoms with Gasteiger partial charge in [0.15, 0.2) is 15.7 Å². The van der Waals surface area contributed by atoms with Crippen molar-refractivity contribution in [3.63, 3.8) is 0 Å². The molecular weight excluding hydrogens is 387 g/mol. The first kappa shape index (κ1) is 17.7. The summed E-state index contributed by atoms with van der Waals surface area (Å²) in [5, 5.41) is 12.3. The van der Waals surface area contributed by atoms with Gasteiger partial charge in [-0.25, -0.2) is 8.42 Å². The number of aromatic nitrogens is 4. The van der Waals surface area contributed by atoms with Crippen LogP contribution in [-0.2, 0) is 16.4 Å². The van der Waals surface area contributed by atoms with Gasteiger partial charge < -0.3 is 4.74 Å². The number of halogens is 2. The summed E-state index contributed by atoms with van der Waals surface area (Å²) < 4.78 is 30.1. The van der Waals surface area contributed by atoms with Crippen LogP contribution in [0, 0.1) is 0 Å². The predicted molar refractivity (Wildman–Crippen MR) is 93.1 cm³/mol. The van der Waals surface area contributed by atoms with Crippen molar-refractivity contribution < 1.29 is 13.2 Å². The Bertz CT molecular complexity index is 1000. The van der Waals surface area contributed by atoms with Crippen molar-refractivity contribution in [1.29, 1.82) is 0 Å². The Morgan fingerprint density at radius 2 is 1.80 bits per heavy atom. The first-order valence-electron chi connectivity index (χ1n) is 7.00. The van der Waals surface area contributed by atoms with Gasteiger partial charge >= 0.3 is 0 Å². The van der Waals surface area contributed by atoms with Crippen LogP contribution < -0.4 is 4.74 Å². The fraction of sp³-hybridized carbons (Fsp3) is 0.133. The van der Waals surface area contributed by atoms with Gasteiger partial charge in [-0.05, 0) is 46.8 Å². The van der Waals surface area contributed by atoms with E-state index in [0.717, 1.165) is 6.26 Å². The summed E-state index contributed by atoms with van der Waals surface area (Å²) in [6, 6.07) is 11.1. The van der Waals surface area contributed by atoms with Crippen LogP contribution in [0.2, 0.25) is 10.0 Å². The number of ether oxygens (including phenoxy) is 1. The summed E-state index contributed by atoms with van der Waals surface area (Å²) in [7, 11) is -3.26. The molecule has 25 heavy (non-hydrogen) atoms. The number of nitrogens with zero attached hydrogens (tertiary/aromatic N) is 4. The highest BCUT2D eigenvalue weighted by molar-refractivity contribution is 7.90. The summed E-state index contributed by atoms with van der Waals surface area (Å²) in [6.45, 7) is 0.0960. The van der Waals surface area contributed by atoms with Gasteiger partial charge in [0, 0.05) is 12.3 Å². The third-order valence-electron chi connectivity index (χ3n) is 3.30. The van der Waals surface area contributed by atoms with Crippen molar-refractivity contribution in [2.75, 3.05) is 6.26 Å². The first-order chi connectivity index (χ1) is 11.8. The van der Waals surface area contributed by atoms with Gasteiger partial charge in [-0.15, -0.1) is 5.10 Å². The lowest BCUT2D eigenvalue weighted by molar-refractivity contribution is 0.292. The molecule has 0 fully saturated rings. The Balaban J connectivity index is 1.79. The second-order valence-corrected chi connectivity index (χ2v) is 7.97. The summed E-state index contributed by atoms with van der Waals surface area (Å²) in [4.78, 5) is 0.220. The fourth-order valence-electron chi connectivity index (χ4n) is 2.05. The lowest BCUT2D eigenvalue weighted by Gasteiger charge is -2.08. The fourth-order valence-corrected chi connectivity index (χ4v) is 2.96. The van der Waals surface area contributed by atoms with Gasteiger partial charge in [0.1, 0.15) is 12.4 Å². The molecule has 1 aromatic heterocycles. The monoisotopic (exact) mass is 398 g/mol. The lowest BCUT2D eigenvalue weighted by Crippen LogP contribution is -2.07. The van der Waals surface area contributed by atoms with Crippen LogP contribution in [0.15, 0.2) is 47.4 Å². The van der Waals surface area contributed by atoms with E-state index < -0.39 is 9.84 Å². The number of benzene rings is 2. The molecule has 0 N–H and O–H groups in total. The molecule has 0 spiro atoms. The molecule has 0 bridgehead atoms. The quantitative estimate of drug-likeness (QED) is 0.656. The van der Waals surface area contributed by atoms with E-state index in [4.69, 9.17) is 27.9 Å². The van der Waals surface area contributed by atoms with Crippen molar-refractivity contribution in [2.24, 2.45) is 0 Å². The van der Waals surface area contributed by atoms with Crippen molar-refractivity contribution in [3.05, 3.63) is 58.3 Å². The van der Waals surface area contributed by atoms with Crippen LogP contribution in [0.4, 0.5) is 0 Å². The molecule has 7 nitrogen and oxygen atoms in total. The van der Waals surface area contributed by atoms with Gasteiger partial charge in [-0.3, -0.25) is 0 Å². The van der Waals surface area contributed by atoms with Crippen LogP contribution in [-0.4, -0.2) is 34.9 Å². The molecular formula is C15H12Cl2N4O3S. The van der Waals surface area contributed by atoms with E-state index in [1.54, 1.807) is 30.3 Å². The Hall–Kier alpha value is -2.16. The average Bonchev–Trinajstić information content (AvgIpc) is 3.04. The second-order valence-electron chi connectivity index (χ2n) is 5.14. The van der Waals surface area contributed by atoms with Gasteiger partial charge in [0.2, 0.25) is 0 Å². The molecule has 0 amide bonds. The normalized spacial score (nSPS) is 11.5. The zero-order chi connectivity index (χ0) is 18.0. The maximum atomic E-state index is 11.5. The van der Waals surface area contributed by atoms with E-state index in [9.17, 15) is 8.42 Å². The molecule has 0 radical (unpaired) electrons. The largest absolute Gasteiger partial charge is 0.485 e. The number of tetrazole rings is 1. The number of rotatable bonds is 5. The molecule has 3 aromatic rings. The summed E-state index contributed by atoms with van der Waals surface area (Å²) in [6.07, 6.45) is 1.15. The molecule has 0 atom stereocenters. The highest BCUT2D eigenvalue weighted by atomic mass is 35.5. The van der Waals surface area contributed by atoms with Gasteiger partial charge in [-0.1, -0.05) is 23.2 Å². The van der Waals surface area contributed by atoms with Crippen molar-refractivity contribution in [3.8, 4) is 11.4 Å². The summed E-state index contributed by atoms with van der Waals surface area (Å²) in [5.74, 6) is 0.967. The van der Waals surface area contributed by atoms with E-state index in [0.29, 0.717) is 27.3 Å². The van der Waals surface area contributed by atoms with Crippen LogP contribution in [0.3, 0.4) is 0 Å². The minimum absolute atomic E-state index is 0.0960. The molecule has 0 unspecified atom stereocenters. The van der Waals surface area contributed by atoms with Crippen LogP contribution in [0.1, 0.15) is 5.82 Å². The van der Waals surface area contributed by atoms with Crippen LogP contribution in [0.25, 0.3) is 5.69 Å². The first-order valence-corrected chi connectivity index (χ1v) is 9.65. The molecule has 0 aliphatic carbocycles. The molecule has 3 rings (SSSR count). The Kier molecular flexibility index (Phi) is 4.94. The predicted octanol–water partition coefficient (Wildman–Crippen LogP) is 2.95. The maximum absolute atomic E-state index is 11.5. The Morgan fingerprint density at radius 1 is 1.08 bits per heavy atom. The lowest BCUT2D eigenvalue weighted by atomic mass is 10.3. The van der Waals surface area contributed by atoms with E-state index in [1.165, 1.54) is 16.8 Å². The molecule has 1 heterocycles. The standard InChI is InChI=1S/C15H12Cl2N4O3S/c1-25(22,23)12-5-2-10(3-6-12)21-15(18-19-20-21)9-24-11-4-7-13(16)14(17)8-11/h2-8H,9H2,1H3. The van der Waals surface area contributed by atoms with E-state index in [-0.39, 0.29) is 11.5 Å². The smallest absolute Gasteiger partial charge is 0.194 e. The van der Waals surface area contributed by atoms with Gasteiger partial charge in [0.05, 0.1) is 20.6 Å². The van der Waals surface area contributed by atoms with Crippen LogP contribution >= 0.6 is 23.2 Å². The van der Waals surface area contributed by atoms with E-state index >= 15 is 0 Å². The highest BCUT2D eigenvalue weighted by Gasteiger charge is 2.12. The van der Waals surface area contributed by atoms with E-state index in [2.05, 4.69) is 15.5 Å². The summed E-state index contributed by atoms with van der Waals surface area (Å²) in [5.41, 5.74) is 0.616. The molecule has 0 saturated heterocycles. The average molecular weight is 399 g/mol. The van der Waals surface area contributed by atoms with E-state index in [1.807, 2.05) is 0 Å². The van der Waals surface area contributed by atoms with Crippen molar-refractivity contribution >= 4 is 33.0 Å². The Labute approximate surface area is 154 Å². The molecule has 0 saturated carbocycles. The zero-order valence-corrected chi connectivity index (χ0v) is 15.3. The SMILES string of the molecule is CS(=O)(=O)c1ccc(-n2nnnc2COc2ccc(Cl)c(Cl)c2)cc1. The van der Waals surface area contributed by atoms with Crippen molar-refractivity contribution in [2.45, 2.75) is 11.5 Å². The zero-order valence-electron chi connectivity index (χ0n) is 12.9. The minimum atomic E-state index is -3.26. The topological polar surface area (TPSA) is 87.0 Å². The molecule has 0 aliphatic heterocycles. The number of hydrogen-bond donors (Lipinski definition) is 0. The van der Waals surface area contributed by atoms with Gasteiger partial charge in [-0.2, -0.15) is 4.68 Å². The molecule has 10 heteroatoms. The highest BCUT2D eigenvalue weighted by Crippen LogP contribution is 2.26. The molecule has 0 aliphatic rings. The molecule has 130 valence electrons. The number of sulfone groups is 1. The minimum Gasteiger partial charge on any atom is -0.485 e. The second kappa shape index (κ2) is 6.99.